The van der Waals surface area contributed by atoms with Gasteiger partial charge in [0, 0.05) is 56.4 Å². The maximum absolute atomic E-state index is 14.2. The van der Waals surface area contributed by atoms with Gasteiger partial charge in [0.05, 0.1) is 19.8 Å². The van der Waals surface area contributed by atoms with Crippen LogP contribution >= 0.6 is 11.6 Å². The van der Waals surface area contributed by atoms with Crippen molar-refractivity contribution in [1.82, 2.24) is 20.9 Å². The van der Waals surface area contributed by atoms with Crippen LogP contribution in [-0.2, 0) is 14.2 Å². The zero-order valence-corrected chi connectivity index (χ0v) is 22.5. The van der Waals surface area contributed by atoms with E-state index in [-0.39, 0.29) is 36.2 Å². The zero-order valence-electron chi connectivity index (χ0n) is 21.8. The summed E-state index contributed by atoms with van der Waals surface area (Å²) in [5.41, 5.74) is 0.611. The Kier molecular flexibility index (Phi) is 12.2. The molecule has 2 heterocycles. The number of benzene rings is 1. The Hall–Kier alpha value is -2.14. The molecule has 2 aliphatic heterocycles. The van der Waals surface area contributed by atoms with Gasteiger partial charge in [0.1, 0.15) is 5.82 Å². The summed E-state index contributed by atoms with van der Waals surface area (Å²) in [6.45, 7) is 3.69. The summed E-state index contributed by atoms with van der Waals surface area (Å²) >= 11 is 6.13. The van der Waals surface area contributed by atoms with E-state index >= 15 is 0 Å². The van der Waals surface area contributed by atoms with E-state index in [4.69, 9.17) is 21.1 Å². The Morgan fingerprint density at radius 3 is 2.78 bits per heavy atom. The van der Waals surface area contributed by atoms with E-state index in [1.807, 2.05) is 7.05 Å². The lowest BCUT2D eigenvalue weighted by molar-refractivity contribution is -0.00866. The lowest BCUT2D eigenvalue weighted by atomic mass is 9.88. The lowest BCUT2D eigenvalue weighted by Crippen LogP contribution is -2.50. The molecule has 2 unspecified atom stereocenters. The van der Waals surface area contributed by atoms with E-state index in [0.29, 0.717) is 31.1 Å². The Morgan fingerprint density at radius 2 is 2.08 bits per heavy atom. The number of piperidine rings is 1. The van der Waals surface area contributed by atoms with Gasteiger partial charge in [-0.15, -0.1) is 0 Å². The van der Waals surface area contributed by atoms with Crippen LogP contribution in [0.3, 0.4) is 0 Å². The smallest absolute Gasteiger partial charge is 0.406 e. The summed E-state index contributed by atoms with van der Waals surface area (Å²) < 4.78 is 30.5. The maximum Gasteiger partial charge on any atom is 0.406 e. The topological polar surface area (TPSA) is 101 Å². The molecule has 3 rings (SSSR count). The molecule has 0 saturated carbocycles. The third-order valence-corrected chi connectivity index (χ3v) is 7.24. The summed E-state index contributed by atoms with van der Waals surface area (Å²) in [6.07, 6.45) is 3.77. The third-order valence-electron chi connectivity index (χ3n) is 7.02. The number of methoxy groups -OCH3 is 1. The molecule has 11 heteroatoms. The number of amides is 3. The van der Waals surface area contributed by atoms with E-state index in [0.717, 1.165) is 45.3 Å². The molecular weight excluding hydrogens is 503 g/mol. The van der Waals surface area contributed by atoms with Crippen LogP contribution in [0.15, 0.2) is 18.2 Å². The average molecular weight is 543 g/mol. The molecule has 1 aromatic carbocycles. The van der Waals surface area contributed by atoms with Crippen LogP contribution in [0.1, 0.15) is 43.8 Å². The second kappa shape index (κ2) is 15.3. The van der Waals surface area contributed by atoms with Gasteiger partial charge < -0.3 is 35.1 Å². The predicted molar refractivity (Wildman–Crippen MR) is 139 cm³/mol. The number of nitrogens with zero attached hydrogens (tertiary/aromatic N) is 1. The minimum atomic E-state index is -0.551. The van der Waals surface area contributed by atoms with Gasteiger partial charge in [0.2, 0.25) is 0 Å². The first kappa shape index (κ1) is 29.4. The standard InChI is InChI=1S/C26H40ClFN4O5/c1-29-23(11-18-5-4-9-36-17-18)15-31-25(33)32-8-3-6-19(16-32)24(37-10-7-30-26(34)35-2)20-12-21(27)14-22(28)13-20/h12-14,18-19,23-24,29H,3-11,15-17H2,1-2H3,(H,30,34)(H,31,33)/t18?,19?,23-,24-/m1/s1. The van der Waals surface area contributed by atoms with Crippen molar-refractivity contribution in [3.05, 3.63) is 34.6 Å². The number of carbonyl (C=O) groups is 2. The van der Waals surface area contributed by atoms with Crippen LogP contribution in [-0.4, -0.2) is 83.2 Å². The van der Waals surface area contributed by atoms with Crippen molar-refractivity contribution in [2.24, 2.45) is 11.8 Å². The fraction of sp³-hybridized carbons (Fsp3) is 0.692. The molecule has 3 N–H and O–H groups in total. The van der Waals surface area contributed by atoms with Gasteiger partial charge >= 0.3 is 12.1 Å². The summed E-state index contributed by atoms with van der Waals surface area (Å²) in [5, 5.41) is 9.25. The minimum absolute atomic E-state index is 0.0602. The van der Waals surface area contributed by atoms with Gasteiger partial charge in [0.25, 0.3) is 0 Å². The maximum atomic E-state index is 14.2. The first-order valence-corrected chi connectivity index (χ1v) is 13.4. The molecule has 2 fully saturated rings. The van der Waals surface area contributed by atoms with Crippen molar-refractivity contribution in [2.45, 2.75) is 44.2 Å². The molecule has 37 heavy (non-hydrogen) atoms. The van der Waals surface area contributed by atoms with Gasteiger partial charge in [-0.05, 0) is 68.8 Å². The monoisotopic (exact) mass is 542 g/mol. The number of halogens is 2. The molecule has 2 saturated heterocycles. The number of urea groups is 1. The average Bonchev–Trinajstić information content (AvgIpc) is 2.90. The van der Waals surface area contributed by atoms with Crippen molar-refractivity contribution < 1.29 is 28.2 Å². The predicted octanol–water partition coefficient (Wildman–Crippen LogP) is 3.72. The van der Waals surface area contributed by atoms with E-state index < -0.39 is 18.0 Å². The van der Waals surface area contributed by atoms with Gasteiger partial charge in [-0.2, -0.15) is 0 Å². The molecular formula is C26H40ClFN4O5. The summed E-state index contributed by atoms with van der Waals surface area (Å²) in [7, 11) is 3.21. The first-order chi connectivity index (χ1) is 17.9. The van der Waals surface area contributed by atoms with Gasteiger partial charge in [0.15, 0.2) is 0 Å². The largest absolute Gasteiger partial charge is 0.453 e. The molecule has 0 spiro atoms. The molecule has 9 nitrogen and oxygen atoms in total. The Morgan fingerprint density at radius 1 is 1.24 bits per heavy atom. The fourth-order valence-electron chi connectivity index (χ4n) is 5.12. The minimum Gasteiger partial charge on any atom is -0.453 e. The van der Waals surface area contributed by atoms with E-state index in [2.05, 4.69) is 20.7 Å². The molecule has 1 aromatic rings. The number of carbonyl (C=O) groups excluding carboxylic acids is 2. The first-order valence-electron chi connectivity index (χ1n) is 13.1. The Balaban J connectivity index is 1.59. The van der Waals surface area contributed by atoms with Crippen LogP contribution in [0, 0.1) is 17.7 Å². The van der Waals surface area contributed by atoms with Crippen molar-refractivity contribution >= 4 is 23.7 Å². The fourth-order valence-corrected chi connectivity index (χ4v) is 5.35. The summed E-state index contributed by atoms with van der Waals surface area (Å²) in [5.74, 6) is -0.00205. The highest BCUT2D eigenvalue weighted by Crippen LogP contribution is 2.34. The number of alkyl carbamates (subject to hydrolysis) is 1. The number of likely N-dealkylation sites (tertiary alicyclic amines) is 1. The number of rotatable bonds is 11. The molecule has 2 aliphatic rings. The molecule has 3 amide bonds. The second-order valence-electron chi connectivity index (χ2n) is 9.75. The normalized spacial score (nSPS) is 21.7. The highest BCUT2D eigenvalue weighted by atomic mass is 35.5. The van der Waals surface area contributed by atoms with Gasteiger partial charge in [-0.3, -0.25) is 0 Å². The Bertz CT molecular complexity index is 853. The summed E-state index contributed by atoms with van der Waals surface area (Å²) in [6, 6.07) is 4.40. The van der Waals surface area contributed by atoms with Crippen LogP contribution < -0.4 is 16.0 Å². The van der Waals surface area contributed by atoms with Crippen molar-refractivity contribution in [2.75, 3.05) is 60.2 Å². The SMILES string of the molecule is CN[C@@H](CNC(=O)N1CCCC([C@@H](OCCNC(=O)OC)c2cc(F)cc(Cl)c2)C1)CC1CCCOC1. The number of likely N-dealkylation sites (N-methyl/N-ethyl adjacent to an activating group) is 1. The van der Waals surface area contributed by atoms with Crippen LogP contribution in [0.4, 0.5) is 14.0 Å². The summed E-state index contributed by atoms with van der Waals surface area (Å²) in [4.78, 5) is 26.2. The Labute approximate surface area is 223 Å². The molecule has 0 aromatic heterocycles. The van der Waals surface area contributed by atoms with E-state index in [1.165, 1.54) is 19.2 Å². The molecule has 208 valence electrons. The van der Waals surface area contributed by atoms with Crippen LogP contribution in [0.5, 0.6) is 0 Å². The lowest BCUT2D eigenvalue weighted by Gasteiger charge is -2.37. The second-order valence-corrected chi connectivity index (χ2v) is 10.2. The number of hydrogen-bond donors (Lipinski definition) is 3. The highest BCUT2D eigenvalue weighted by molar-refractivity contribution is 6.30. The highest BCUT2D eigenvalue weighted by Gasteiger charge is 2.32. The zero-order chi connectivity index (χ0) is 26.6. The van der Waals surface area contributed by atoms with Crippen LogP contribution in [0.2, 0.25) is 5.02 Å². The molecule has 0 bridgehead atoms. The molecule has 0 radical (unpaired) electrons. The molecule has 0 aliphatic carbocycles. The molecule has 4 atom stereocenters. The number of hydrogen-bond acceptors (Lipinski definition) is 6. The van der Waals surface area contributed by atoms with E-state index in [9.17, 15) is 14.0 Å². The van der Waals surface area contributed by atoms with Gasteiger partial charge in [-0.25, -0.2) is 14.0 Å². The van der Waals surface area contributed by atoms with Crippen molar-refractivity contribution in [3.63, 3.8) is 0 Å². The van der Waals surface area contributed by atoms with E-state index in [1.54, 1.807) is 11.0 Å². The van der Waals surface area contributed by atoms with Gasteiger partial charge in [-0.1, -0.05) is 11.6 Å². The third kappa shape index (κ3) is 9.59. The quantitative estimate of drug-likeness (QED) is 0.368. The number of nitrogens with one attached hydrogen (secondary N) is 3. The van der Waals surface area contributed by atoms with Crippen molar-refractivity contribution in [1.29, 1.82) is 0 Å². The van der Waals surface area contributed by atoms with Crippen molar-refractivity contribution in [3.8, 4) is 0 Å². The van der Waals surface area contributed by atoms with Crippen LogP contribution in [0.25, 0.3) is 0 Å². The number of ether oxygens (including phenoxy) is 3.